The van der Waals surface area contributed by atoms with Crippen LogP contribution in [0.2, 0.25) is 0 Å². The Morgan fingerprint density at radius 2 is 2.09 bits per heavy atom. The van der Waals surface area contributed by atoms with E-state index in [0.717, 1.165) is 18.4 Å². The summed E-state index contributed by atoms with van der Waals surface area (Å²) in [4.78, 5) is 30.1. The number of benzene rings is 1. The summed E-state index contributed by atoms with van der Waals surface area (Å²) in [6.07, 6.45) is 6.85. The van der Waals surface area contributed by atoms with Crippen molar-refractivity contribution in [2.75, 3.05) is 11.9 Å². The van der Waals surface area contributed by atoms with Gasteiger partial charge in [0.05, 0.1) is 0 Å². The van der Waals surface area contributed by atoms with Gasteiger partial charge in [0.25, 0.3) is 0 Å². The lowest BCUT2D eigenvalue weighted by Crippen LogP contribution is -2.38. The van der Waals surface area contributed by atoms with E-state index in [9.17, 15) is 9.59 Å². The number of nitrogens with one attached hydrogen (secondary N) is 1. The van der Waals surface area contributed by atoms with Gasteiger partial charge in [-0.3, -0.25) is 9.59 Å². The number of anilines is 1. The van der Waals surface area contributed by atoms with E-state index in [1.54, 1.807) is 22.6 Å². The molecular weight excluding hydrogens is 310 g/mol. The van der Waals surface area contributed by atoms with Crippen molar-refractivity contribution in [3.05, 3.63) is 53.5 Å². The van der Waals surface area contributed by atoms with Crippen LogP contribution >= 0.6 is 11.3 Å². The Balaban J connectivity index is 1.61. The van der Waals surface area contributed by atoms with Gasteiger partial charge in [-0.1, -0.05) is 30.3 Å². The zero-order valence-electron chi connectivity index (χ0n) is 12.5. The van der Waals surface area contributed by atoms with Crippen molar-refractivity contribution in [1.82, 2.24) is 9.88 Å². The van der Waals surface area contributed by atoms with E-state index in [1.807, 2.05) is 30.3 Å². The van der Waals surface area contributed by atoms with E-state index < -0.39 is 0 Å². The Hall–Kier alpha value is -2.47. The number of rotatable bonds is 6. The fraction of sp³-hybridized carbons (Fsp3) is 0.235. The largest absolute Gasteiger partial charge is 0.327 e. The molecule has 1 N–H and O–H groups in total. The van der Waals surface area contributed by atoms with Crippen LogP contribution < -0.4 is 5.32 Å². The summed E-state index contributed by atoms with van der Waals surface area (Å²) in [7, 11) is 0. The van der Waals surface area contributed by atoms with E-state index in [-0.39, 0.29) is 24.4 Å². The van der Waals surface area contributed by atoms with Crippen molar-refractivity contribution in [2.45, 2.75) is 18.9 Å². The maximum absolute atomic E-state index is 12.4. The summed E-state index contributed by atoms with van der Waals surface area (Å²) in [6, 6.07) is 9.80. The number of hydrogen-bond acceptors (Lipinski definition) is 4. The van der Waals surface area contributed by atoms with Crippen molar-refractivity contribution >= 4 is 34.4 Å². The topological polar surface area (TPSA) is 62.3 Å². The molecule has 0 bridgehead atoms. The number of amides is 2. The van der Waals surface area contributed by atoms with Crippen molar-refractivity contribution in [3.63, 3.8) is 0 Å². The van der Waals surface area contributed by atoms with Crippen LogP contribution in [-0.2, 0) is 9.59 Å². The molecule has 0 aliphatic heterocycles. The van der Waals surface area contributed by atoms with Crippen molar-refractivity contribution in [1.29, 1.82) is 0 Å². The van der Waals surface area contributed by atoms with Crippen molar-refractivity contribution in [2.24, 2.45) is 0 Å². The fourth-order valence-electron chi connectivity index (χ4n) is 2.20. The zero-order valence-corrected chi connectivity index (χ0v) is 13.3. The molecule has 2 amide bonds. The van der Waals surface area contributed by atoms with Crippen molar-refractivity contribution < 1.29 is 9.59 Å². The Morgan fingerprint density at radius 3 is 2.74 bits per heavy atom. The monoisotopic (exact) mass is 327 g/mol. The van der Waals surface area contributed by atoms with Crippen LogP contribution in [0.25, 0.3) is 6.08 Å². The highest BCUT2D eigenvalue weighted by Crippen LogP contribution is 2.27. The highest BCUT2D eigenvalue weighted by Gasteiger charge is 2.32. The average molecular weight is 327 g/mol. The van der Waals surface area contributed by atoms with E-state index in [2.05, 4.69) is 10.3 Å². The predicted molar refractivity (Wildman–Crippen MR) is 91.0 cm³/mol. The first kappa shape index (κ1) is 15.4. The van der Waals surface area contributed by atoms with Crippen LogP contribution in [0, 0.1) is 0 Å². The molecule has 1 aliphatic carbocycles. The van der Waals surface area contributed by atoms with Crippen LogP contribution in [0.1, 0.15) is 18.4 Å². The molecule has 118 valence electrons. The number of hydrogen-bond donors (Lipinski definition) is 1. The Kier molecular flexibility index (Phi) is 4.83. The van der Waals surface area contributed by atoms with E-state index in [1.165, 1.54) is 17.4 Å². The van der Waals surface area contributed by atoms with E-state index in [0.29, 0.717) is 5.13 Å². The maximum atomic E-state index is 12.4. The molecule has 2 aromatic rings. The smallest absolute Gasteiger partial charge is 0.247 e. The van der Waals surface area contributed by atoms with Crippen molar-refractivity contribution in [3.8, 4) is 0 Å². The summed E-state index contributed by atoms with van der Waals surface area (Å²) in [6.45, 7) is 0.0577. The minimum atomic E-state index is -0.215. The summed E-state index contributed by atoms with van der Waals surface area (Å²) in [5.74, 6) is -0.348. The standard InChI is InChI=1S/C17H17N3O2S/c21-15(19-17-18-10-11-23-17)12-20(14-7-8-14)16(22)9-6-13-4-2-1-3-5-13/h1-6,9-11,14H,7-8,12H2,(H,18,19,21). The van der Waals surface area contributed by atoms with Gasteiger partial charge < -0.3 is 10.2 Å². The van der Waals surface area contributed by atoms with Gasteiger partial charge in [-0.25, -0.2) is 4.98 Å². The third-order valence-corrected chi connectivity index (χ3v) is 4.17. The number of nitrogens with zero attached hydrogens (tertiary/aromatic N) is 2. The molecule has 1 aromatic carbocycles. The van der Waals surface area contributed by atoms with Gasteiger partial charge in [0, 0.05) is 23.7 Å². The molecule has 0 saturated heterocycles. The first-order chi connectivity index (χ1) is 11.2. The van der Waals surface area contributed by atoms with Gasteiger partial charge in [-0.15, -0.1) is 11.3 Å². The molecule has 0 spiro atoms. The number of thiazole rings is 1. The first-order valence-corrected chi connectivity index (χ1v) is 8.33. The second kappa shape index (κ2) is 7.19. The van der Waals surface area contributed by atoms with Gasteiger partial charge in [-0.05, 0) is 24.5 Å². The van der Waals surface area contributed by atoms with Gasteiger partial charge in [0.1, 0.15) is 6.54 Å². The van der Waals surface area contributed by atoms with Gasteiger partial charge in [0.15, 0.2) is 5.13 Å². The molecule has 0 atom stereocenters. The molecule has 1 fully saturated rings. The Morgan fingerprint density at radius 1 is 1.30 bits per heavy atom. The summed E-state index contributed by atoms with van der Waals surface area (Å²) in [5.41, 5.74) is 0.962. The van der Waals surface area contributed by atoms with Crippen LogP contribution in [0.4, 0.5) is 5.13 Å². The lowest BCUT2D eigenvalue weighted by molar-refractivity contribution is -0.131. The molecule has 1 aromatic heterocycles. The fourth-order valence-corrected chi connectivity index (χ4v) is 2.74. The second-order valence-electron chi connectivity index (χ2n) is 5.33. The maximum Gasteiger partial charge on any atom is 0.247 e. The molecule has 23 heavy (non-hydrogen) atoms. The molecular formula is C17H17N3O2S. The van der Waals surface area contributed by atoms with Gasteiger partial charge in [0.2, 0.25) is 11.8 Å². The Labute approximate surface area is 138 Å². The molecule has 1 saturated carbocycles. The summed E-state index contributed by atoms with van der Waals surface area (Å²) >= 11 is 1.36. The van der Waals surface area contributed by atoms with Crippen LogP contribution in [0.5, 0.6) is 0 Å². The SMILES string of the molecule is O=C(CN(C(=O)C=Cc1ccccc1)C1CC1)Nc1nccs1. The molecule has 6 heteroatoms. The van der Waals surface area contributed by atoms with Gasteiger partial charge >= 0.3 is 0 Å². The lowest BCUT2D eigenvalue weighted by atomic mass is 10.2. The minimum absolute atomic E-state index is 0.0577. The van der Waals surface area contributed by atoms with E-state index in [4.69, 9.17) is 0 Å². The third-order valence-electron chi connectivity index (χ3n) is 3.48. The molecule has 1 aliphatic rings. The number of carbonyl (C=O) groups is 2. The van der Waals surface area contributed by atoms with Crippen LogP contribution in [-0.4, -0.2) is 34.3 Å². The lowest BCUT2D eigenvalue weighted by Gasteiger charge is -2.19. The minimum Gasteiger partial charge on any atom is -0.327 e. The molecule has 0 unspecified atom stereocenters. The number of carbonyl (C=O) groups excluding carboxylic acids is 2. The van der Waals surface area contributed by atoms with Crippen LogP contribution in [0.15, 0.2) is 48.0 Å². The van der Waals surface area contributed by atoms with Gasteiger partial charge in [-0.2, -0.15) is 0 Å². The Bertz CT molecular complexity index is 694. The average Bonchev–Trinajstić information content (AvgIpc) is 3.28. The molecule has 5 nitrogen and oxygen atoms in total. The second-order valence-corrected chi connectivity index (χ2v) is 6.22. The highest BCUT2D eigenvalue weighted by atomic mass is 32.1. The molecule has 0 radical (unpaired) electrons. The third kappa shape index (κ3) is 4.50. The normalized spacial score (nSPS) is 13.9. The molecule has 1 heterocycles. The molecule has 3 rings (SSSR count). The zero-order chi connectivity index (χ0) is 16.1. The quantitative estimate of drug-likeness (QED) is 0.830. The van der Waals surface area contributed by atoms with E-state index >= 15 is 0 Å². The highest BCUT2D eigenvalue weighted by molar-refractivity contribution is 7.13. The predicted octanol–water partition coefficient (Wildman–Crippen LogP) is 2.79. The van der Waals surface area contributed by atoms with Crippen LogP contribution in [0.3, 0.4) is 0 Å². The summed E-state index contributed by atoms with van der Waals surface area (Å²) < 4.78 is 0. The number of aromatic nitrogens is 1. The first-order valence-electron chi connectivity index (χ1n) is 7.45. The summed E-state index contributed by atoms with van der Waals surface area (Å²) in [5, 5.41) is 5.06.